The van der Waals surface area contributed by atoms with Crippen LogP contribution < -0.4 is 0 Å². The van der Waals surface area contributed by atoms with Crippen LogP contribution in [0.1, 0.15) is 22.8 Å². The van der Waals surface area contributed by atoms with Crippen molar-refractivity contribution in [1.82, 2.24) is 0 Å². The summed E-state index contributed by atoms with van der Waals surface area (Å²) >= 11 is 2.86. The molecule has 0 fully saturated rings. The molecule has 0 aliphatic carbocycles. The highest BCUT2D eigenvalue weighted by atomic mass is 79.9. The van der Waals surface area contributed by atoms with Crippen molar-refractivity contribution in [1.29, 1.82) is 0 Å². The summed E-state index contributed by atoms with van der Waals surface area (Å²) in [5.41, 5.74) is -0.543. The molecule has 0 N–H and O–H groups in total. The van der Waals surface area contributed by atoms with E-state index < -0.39 is 17.7 Å². The van der Waals surface area contributed by atoms with Crippen LogP contribution in [0.15, 0.2) is 21.6 Å². The number of rotatable bonds is 0. The van der Waals surface area contributed by atoms with Gasteiger partial charge in [0.05, 0.1) is 21.6 Å². The van der Waals surface area contributed by atoms with Gasteiger partial charge in [-0.2, -0.15) is 13.2 Å². The number of hydrogen-bond acceptors (Lipinski definition) is 2. The minimum atomic E-state index is -4.46. The normalized spacial score (nSPS) is 19.4. The summed E-state index contributed by atoms with van der Waals surface area (Å²) < 4.78 is 37.7. The van der Waals surface area contributed by atoms with Crippen molar-refractivity contribution in [2.75, 3.05) is 0 Å². The Bertz CT molecular complexity index is 522. The van der Waals surface area contributed by atoms with Gasteiger partial charge in [0.1, 0.15) is 0 Å². The number of halogens is 4. The lowest BCUT2D eigenvalue weighted by molar-refractivity contribution is -0.138. The predicted molar refractivity (Wildman–Crippen MR) is 60.8 cm³/mol. The molecule has 0 amide bonds. The van der Waals surface area contributed by atoms with Crippen LogP contribution in [-0.2, 0) is 6.18 Å². The molecule has 1 aromatic rings. The highest BCUT2D eigenvalue weighted by Gasteiger charge is 2.36. The molecule has 0 spiro atoms. The fraction of sp³-hybridized carbons (Fsp3) is 0.273. The van der Waals surface area contributed by atoms with Crippen LogP contribution in [0.25, 0.3) is 0 Å². The van der Waals surface area contributed by atoms with E-state index in [-0.39, 0.29) is 21.5 Å². The highest BCUT2D eigenvalue weighted by Crippen LogP contribution is 2.42. The number of fused-ring (bicyclic) bond motifs is 1. The SMILES string of the molecule is CC1C=Nc2c(ccc(C(F)(F)F)c2Br)C1=O. The van der Waals surface area contributed by atoms with Crippen LogP contribution in [0.5, 0.6) is 0 Å². The Kier molecular flexibility index (Phi) is 2.85. The Morgan fingerprint density at radius 2 is 2.00 bits per heavy atom. The topological polar surface area (TPSA) is 29.4 Å². The van der Waals surface area contributed by atoms with Gasteiger partial charge in [-0.15, -0.1) is 0 Å². The first-order valence-corrected chi connectivity index (χ1v) is 5.59. The second kappa shape index (κ2) is 3.94. The molecule has 6 heteroatoms. The predicted octanol–water partition coefficient (Wildman–Crippen LogP) is 4.00. The number of Topliss-reactive ketones (excluding diaryl/α,β-unsaturated/α-hetero) is 1. The van der Waals surface area contributed by atoms with E-state index in [1.807, 2.05) is 0 Å². The van der Waals surface area contributed by atoms with Gasteiger partial charge >= 0.3 is 6.18 Å². The monoisotopic (exact) mass is 305 g/mol. The summed E-state index contributed by atoms with van der Waals surface area (Å²) in [4.78, 5) is 15.6. The van der Waals surface area contributed by atoms with E-state index in [1.54, 1.807) is 6.92 Å². The molecule has 1 aliphatic heterocycles. The first-order valence-electron chi connectivity index (χ1n) is 4.80. The molecule has 1 aliphatic rings. The number of aliphatic imine (C=N–C) groups is 1. The average molecular weight is 306 g/mol. The van der Waals surface area contributed by atoms with E-state index >= 15 is 0 Å². The highest BCUT2D eigenvalue weighted by molar-refractivity contribution is 9.10. The Balaban J connectivity index is 2.65. The molecule has 1 aromatic carbocycles. The third-order valence-corrected chi connectivity index (χ3v) is 3.33. The van der Waals surface area contributed by atoms with Gasteiger partial charge in [0.25, 0.3) is 0 Å². The van der Waals surface area contributed by atoms with Gasteiger partial charge in [-0.3, -0.25) is 9.79 Å². The molecular formula is C11H7BrF3NO. The molecule has 0 aromatic heterocycles. The van der Waals surface area contributed by atoms with Crippen LogP contribution in [-0.4, -0.2) is 12.0 Å². The Hall–Kier alpha value is -1.17. The number of alkyl halides is 3. The summed E-state index contributed by atoms with van der Waals surface area (Å²) in [6, 6.07) is 2.08. The van der Waals surface area contributed by atoms with Gasteiger partial charge in [-0.25, -0.2) is 0 Å². The molecular weight excluding hydrogens is 299 g/mol. The largest absolute Gasteiger partial charge is 0.417 e. The molecule has 17 heavy (non-hydrogen) atoms. The van der Waals surface area contributed by atoms with Gasteiger partial charge in [0, 0.05) is 11.8 Å². The number of benzene rings is 1. The zero-order valence-corrected chi connectivity index (χ0v) is 10.3. The lowest BCUT2D eigenvalue weighted by Gasteiger charge is -2.18. The summed E-state index contributed by atoms with van der Waals surface area (Å²) in [5, 5.41) is 0. The Morgan fingerprint density at radius 3 is 2.59 bits per heavy atom. The van der Waals surface area contributed by atoms with Gasteiger partial charge in [0.15, 0.2) is 5.78 Å². The van der Waals surface area contributed by atoms with E-state index in [9.17, 15) is 18.0 Å². The van der Waals surface area contributed by atoms with Gasteiger partial charge < -0.3 is 0 Å². The summed E-state index contributed by atoms with van der Waals surface area (Å²) in [6.45, 7) is 1.65. The number of carbonyl (C=O) groups is 1. The second-order valence-corrected chi connectivity index (χ2v) is 4.55. The van der Waals surface area contributed by atoms with Crippen molar-refractivity contribution in [3.05, 3.63) is 27.7 Å². The molecule has 2 rings (SSSR count). The number of nitrogens with zero attached hydrogens (tertiary/aromatic N) is 1. The third kappa shape index (κ3) is 2.01. The van der Waals surface area contributed by atoms with Crippen molar-refractivity contribution < 1.29 is 18.0 Å². The molecule has 1 heterocycles. The van der Waals surface area contributed by atoms with Crippen molar-refractivity contribution in [2.45, 2.75) is 13.1 Å². The molecule has 0 saturated heterocycles. The Morgan fingerprint density at radius 1 is 1.35 bits per heavy atom. The fourth-order valence-corrected chi connectivity index (χ4v) is 2.28. The molecule has 0 radical (unpaired) electrons. The number of hydrogen-bond donors (Lipinski definition) is 0. The van der Waals surface area contributed by atoms with Crippen LogP contribution in [0.2, 0.25) is 0 Å². The van der Waals surface area contributed by atoms with Crippen molar-refractivity contribution >= 4 is 33.6 Å². The second-order valence-electron chi connectivity index (χ2n) is 3.75. The van der Waals surface area contributed by atoms with Crippen LogP contribution in [0, 0.1) is 5.92 Å². The fourth-order valence-electron chi connectivity index (χ4n) is 1.61. The Labute approximate surface area is 104 Å². The van der Waals surface area contributed by atoms with Gasteiger partial charge in [-0.05, 0) is 28.1 Å². The molecule has 90 valence electrons. The lowest BCUT2D eigenvalue weighted by atomic mass is 9.95. The van der Waals surface area contributed by atoms with E-state index in [2.05, 4.69) is 20.9 Å². The van der Waals surface area contributed by atoms with Crippen molar-refractivity contribution in [2.24, 2.45) is 10.9 Å². The van der Waals surface area contributed by atoms with E-state index in [0.717, 1.165) is 6.07 Å². The molecule has 0 bridgehead atoms. The van der Waals surface area contributed by atoms with Gasteiger partial charge in [-0.1, -0.05) is 6.92 Å². The van der Waals surface area contributed by atoms with E-state index in [4.69, 9.17) is 0 Å². The zero-order valence-electron chi connectivity index (χ0n) is 8.68. The zero-order chi connectivity index (χ0) is 12.8. The summed E-state index contributed by atoms with van der Waals surface area (Å²) in [6.07, 6.45) is -3.11. The van der Waals surface area contributed by atoms with Crippen molar-refractivity contribution in [3.63, 3.8) is 0 Å². The maximum Gasteiger partial charge on any atom is 0.417 e. The first-order chi connectivity index (χ1) is 7.82. The van der Waals surface area contributed by atoms with Gasteiger partial charge in [0.2, 0.25) is 0 Å². The molecule has 1 atom stereocenters. The van der Waals surface area contributed by atoms with Crippen LogP contribution >= 0.6 is 15.9 Å². The maximum absolute atomic E-state index is 12.6. The smallest absolute Gasteiger partial charge is 0.293 e. The number of ketones is 1. The lowest BCUT2D eigenvalue weighted by Crippen LogP contribution is -2.17. The summed E-state index contributed by atoms with van der Waals surface area (Å²) in [5.74, 6) is -0.615. The minimum Gasteiger partial charge on any atom is -0.293 e. The first kappa shape index (κ1) is 12.3. The van der Waals surface area contributed by atoms with E-state index in [0.29, 0.717) is 0 Å². The molecule has 0 saturated carbocycles. The third-order valence-electron chi connectivity index (χ3n) is 2.53. The minimum absolute atomic E-state index is 0.0583. The molecule has 2 nitrogen and oxygen atoms in total. The van der Waals surface area contributed by atoms with E-state index in [1.165, 1.54) is 12.3 Å². The summed E-state index contributed by atoms with van der Waals surface area (Å²) in [7, 11) is 0. The maximum atomic E-state index is 12.6. The standard InChI is InChI=1S/C11H7BrF3NO/c1-5-4-16-9-6(10(5)17)2-3-7(8(9)12)11(13,14)15/h2-5H,1H3. The van der Waals surface area contributed by atoms with Crippen LogP contribution in [0.4, 0.5) is 18.9 Å². The number of carbonyl (C=O) groups excluding carboxylic acids is 1. The van der Waals surface area contributed by atoms with Crippen LogP contribution in [0.3, 0.4) is 0 Å². The molecule has 1 unspecified atom stereocenters. The average Bonchev–Trinajstić information content (AvgIpc) is 2.22. The quantitative estimate of drug-likeness (QED) is 0.712. The van der Waals surface area contributed by atoms with Crippen molar-refractivity contribution in [3.8, 4) is 0 Å².